The molecule has 140 valence electrons. The summed E-state index contributed by atoms with van der Waals surface area (Å²) < 4.78 is 29.2. The molecule has 0 spiro atoms. The van der Waals surface area contributed by atoms with E-state index in [2.05, 4.69) is 14.9 Å². The topological polar surface area (TPSA) is 67.4 Å². The van der Waals surface area contributed by atoms with E-state index in [0.29, 0.717) is 23.2 Å². The van der Waals surface area contributed by atoms with Crippen molar-refractivity contribution in [2.45, 2.75) is 6.54 Å². The Kier molecular flexibility index (Phi) is 4.49. The summed E-state index contributed by atoms with van der Waals surface area (Å²) >= 11 is 0. The van der Waals surface area contributed by atoms with Crippen LogP contribution >= 0.6 is 0 Å². The number of piperazine rings is 1. The van der Waals surface area contributed by atoms with Gasteiger partial charge in [0.1, 0.15) is 6.33 Å². The molecule has 1 saturated heterocycles. The number of nitrogens with two attached hydrogens (primary N) is 1. The zero-order valence-corrected chi connectivity index (χ0v) is 14.6. The summed E-state index contributed by atoms with van der Waals surface area (Å²) in [6.07, 6.45) is 1.72. The molecule has 4 rings (SSSR count). The van der Waals surface area contributed by atoms with Gasteiger partial charge in [0.15, 0.2) is 11.6 Å². The maximum atomic E-state index is 13.9. The molecule has 8 heteroatoms. The van der Waals surface area contributed by atoms with Crippen LogP contribution in [0.5, 0.6) is 0 Å². The number of carbonyl (C=O) groups is 1. The Bertz CT molecular complexity index is 995. The minimum atomic E-state index is -0.814. The fourth-order valence-electron chi connectivity index (χ4n) is 3.40. The molecule has 1 aliphatic heterocycles. The van der Waals surface area contributed by atoms with Gasteiger partial charge in [-0.25, -0.2) is 18.4 Å². The van der Waals surface area contributed by atoms with Crippen molar-refractivity contribution in [1.29, 1.82) is 0 Å². The number of primary amides is 1. The lowest BCUT2D eigenvalue weighted by Gasteiger charge is -2.36. The number of rotatable bonds is 4. The zero-order chi connectivity index (χ0) is 19.0. The highest BCUT2D eigenvalue weighted by molar-refractivity contribution is 5.96. The second-order valence-corrected chi connectivity index (χ2v) is 6.60. The highest BCUT2D eigenvalue weighted by Gasteiger charge is 2.20. The smallest absolute Gasteiger partial charge is 0.248 e. The first kappa shape index (κ1) is 17.4. The average Bonchev–Trinajstić information content (AvgIpc) is 3.09. The average molecular weight is 371 g/mol. The number of benzene rings is 2. The number of hydrogen-bond acceptors (Lipinski definition) is 4. The van der Waals surface area contributed by atoms with Crippen molar-refractivity contribution in [2.24, 2.45) is 5.73 Å². The Morgan fingerprint density at radius 2 is 1.89 bits per heavy atom. The molecule has 2 heterocycles. The monoisotopic (exact) mass is 371 g/mol. The lowest BCUT2D eigenvalue weighted by molar-refractivity contribution is 0.100. The summed E-state index contributed by atoms with van der Waals surface area (Å²) in [6, 6.07) is 9.47. The minimum absolute atomic E-state index is 0.371. The molecule has 0 bridgehead atoms. The third kappa shape index (κ3) is 3.35. The second-order valence-electron chi connectivity index (χ2n) is 6.60. The van der Waals surface area contributed by atoms with E-state index >= 15 is 0 Å². The van der Waals surface area contributed by atoms with Crippen molar-refractivity contribution in [3.63, 3.8) is 0 Å². The van der Waals surface area contributed by atoms with E-state index in [1.807, 2.05) is 10.7 Å². The van der Waals surface area contributed by atoms with E-state index in [1.165, 1.54) is 6.07 Å². The number of imidazole rings is 1. The normalized spacial score (nSPS) is 15.4. The van der Waals surface area contributed by atoms with Crippen molar-refractivity contribution < 1.29 is 13.6 Å². The third-order valence-corrected chi connectivity index (χ3v) is 4.89. The molecule has 0 unspecified atom stereocenters. The van der Waals surface area contributed by atoms with Crippen LogP contribution in [0.3, 0.4) is 0 Å². The maximum absolute atomic E-state index is 13.9. The molecule has 2 N–H and O–H groups in total. The molecular formula is C19H19F2N5O. The first-order chi connectivity index (χ1) is 13.0. The van der Waals surface area contributed by atoms with E-state index in [4.69, 9.17) is 5.73 Å². The van der Waals surface area contributed by atoms with Crippen molar-refractivity contribution in [1.82, 2.24) is 14.6 Å². The molecule has 1 fully saturated rings. The molecule has 2 aromatic carbocycles. The van der Waals surface area contributed by atoms with Crippen LogP contribution in [0.15, 0.2) is 42.7 Å². The molecule has 3 aromatic rings. The van der Waals surface area contributed by atoms with Crippen LogP contribution in [0.2, 0.25) is 0 Å². The summed E-state index contributed by atoms with van der Waals surface area (Å²) in [5.74, 6) is -2.07. The molecule has 1 aromatic heterocycles. The number of fused-ring (bicyclic) bond motifs is 1. The number of aromatic nitrogens is 2. The van der Waals surface area contributed by atoms with E-state index in [9.17, 15) is 13.6 Å². The Labute approximate surface area is 154 Å². The van der Waals surface area contributed by atoms with Gasteiger partial charge in [-0.3, -0.25) is 9.69 Å². The lowest BCUT2D eigenvalue weighted by Crippen LogP contribution is -2.50. The van der Waals surface area contributed by atoms with Crippen LogP contribution in [-0.4, -0.2) is 46.6 Å². The van der Waals surface area contributed by atoms with E-state index in [1.54, 1.807) is 24.5 Å². The molecule has 0 atom stereocenters. The quantitative estimate of drug-likeness (QED) is 0.760. The SMILES string of the molecule is NC(=O)c1ccc2c(c1)ncn2N1CCN(Cc2cccc(F)c2F)CC1. The summed E-state index contributed by atoms with van der Waals surface area (Å²) in [7, 11) is 0. The van der Waals surface area contributed by atoms with Crippen molar-refractivity contribution in [3.05, 3.63) is 65.5 Å². The van der Waals surface area contributed by atoms with Gasteiger partial charge < -0.3 is 10.7 Å². The number of amides is 1. The summed E-state index contributed by atoms with van der Waals surface area (Å²) in [4.78, 5) is 17.8. The van der Waals surface area contributed by atoms with Crippen molar-refractivity contribution in [2.75, 3.05) is 31.2 Å². The summed E-state index contributed by atoms with van der Waals surface area (Å²) in [6.45, 7) is 3.26. The first-order valence-corrected chi connectivity index (χ1v) is 8.70. The van der Waals surface area contributed by atoms with Crippen LogP contribution in [0.4, 0.5) is 8.78 Å². The highest BCUT2D eigenvalue weighted by atomic mass is 19.2. The van der Waals surface area contributed by atoms with E-state index in [0.717, 1.165) is 37.8 Å². The molecule has 0 radical (unpaired) electrons. The van der Waals surface area contributed by atoms with Crippen molar-refractivity contribution in [3.8, 4) is 0 Å². The molecule has 1 amide bonds. The predicted octanol–water partition coefficient (Wildman–Crippen LogP) is 1.87. The second kappa shape index (κ2) is 6.96. The van der Waals surface area contributed by atoms with Gasteiger partial charge in [0, 0.05) is 43.9 Å². The Balaban J connectivity index is 1.45. The van der Waals surface area contributed by atoms with Gasteiger partial charge in [-0.15, -0.1) is 0 Å². The summed E-state index contributed by atoms with van der Waals surface area (Å²) in [5.41, 5.74) is 7.71. The zero-order valence-electron chi connectivity index (χ0n) is 14.6. The first-order valence-electron chi connectivity index (χ1n) is 8.70. The number of carbonyl (C=O) groups excluding carboxylic acids is 1. The van der Waals surface area contributed by atoms with Crippen molar-refractivity contribution >= 4 is 16.9 Å². The van der Waals surface area contributed by atoms with Gasteiger partial charge in [0.05, 0.1) is 11.0 Å². The van der Waals surface area contributed by atoms with Gasteiger partial charge in [-0.1, -0.05) is 12.1 Å². The van der Waals surface area contributed by atoms with Gasteiger partial charge in [0.25, 0.3) is 0 Å². The molecule has 6 nitrogen and oxygen atoms in total. The van der Waals surface area contributed by atoms with Crippen LogP contribution < -0.4 is 10.7 Å². The standard InChI is InChI=1S/C19H19F2N5O/c20-15-3-1-2-14(18(15)21)11-24-6-8-25(9-7-24)26-12-23-16-10-13(19(22)27)4-5-17(16)26/h1-5,10,12H,6-9,11H2,(H2,22,27). The van der Waals surface area contributed by atoms with Crippen LogP contribution in [0.1, 0.15) is 15.9 Å². The Morgan fingerprint density at radius 1 is 1.11 bits per heavy atom. The van der Waals surface area contributed by atoms with Crippen LogP contribution in [0, 0.1) is 11.6 Å². The Morgan fingerprint density at radius 3 is 2.63 bits per heavy atom. The molecule has 27 heavy (non-hydrogen) atoms. The molecule has 1 aliphatic rings. The minimum Gasteiger partial charge on any atom is -0.366 e. The van der Waals surface area contributed by atoms with E-state index in [-0.39, 0.29) is 0 Å². The Hall–Kier alpha value is -3.00. The highest BCUT2D eigenvalue weighted by Crippen LogP contribution is 2.18. The van der Waals surface area contributed by atoms with Gasteiger partial charge in [0.2, 0.25) is 5.91 Å². The number of nitrogens with zero attached hydrogens (tertiary/aromatic N) is 4. The lowest BCUT2D eigenvalue weighted by atomic mass is 10.2. The van der Waals surface area contributed by atoms with Gasteiger partial charge >= 0.3 is 0 Å². The van der Waals surface area contributed by atoms with Gasteiger partial charge in [-0.05, 0) is 24.3 Å². The molecule has 0 aliphatic carbocycles. The molecule has 0 saturated carbocycles. The van der Waals surface area contributed by atoms with Gasteiger partial charge in [-0.2, -0.15) is 0 Å². The third-order valence-electron chi connectivity index (χ3n) is 4.89. The van der Waals surface area contributed by atoms with E-state index < -0.39 is 17.5 Å². The predicted molar refractivity (Wildman–Crippen MR) is 97.8 cm³/mol. The van der Waals surface area contributed by atoms with Crippen LogP contribution in [0.25, 0.3) is 11.0 Å². The largest absolute Gasteiger partial charge is 0.366 e. The fourth-order valence-corrected chi connectivity index (χ4v) is 3.40. The molecular weight excluding hydrogens is 352 g/mol. The fraction of sp³-hybridized carbons (Fsp3) is 0.263. The summed E-state index contributed by atoms with van der Waals surface area (Å²) in [5, 5.41) is 2.14. The number of hydrogen-bond donors (Lipinski definition) is 1. The van der Waals surface area contributed by atoms with Crippen LogP contribution in [-0.2, 0) is 6.54 Å². The maximum Gasteiger partial charge on any atom is 0.248 e. The number of halogens is 2.